The van der Waals surface area contributed by atoms with Gasteiger partial charge in [0.2, 0.25) is 0 Å². The molecule has 2 aromatic carbocycles. The van der Waals surface area contributed by atoms with E-state index in [1.165, 1.54) is 0 Å². The summed E-state index contributed by atoms with van der Waals surface area (Å²) in [7, 11) is 0. The highest BCUT2D eigenvalue weighted by Crippen LogP contribution is 2.24. The first kappa shape index (κ1) is 22.2. The van der Waals surface area contributed by atoms with Crippen LogP contribution in [0.2, 0.25) is 10.0 Å². The highest BCUT2D eigenvalue weighted by molar-refractivity contribution is 6.30. The van der Waals surface area contributed by atoms with Crippen molar-refractivity contribution < 1.29 is 19.1 Å². The zero-order valence-electron chi connectivity index (χ0n) is 16.4. The molecular formula is C22H24Cl2N2O4. The zero-order valence-corrected chi connectivity index (χ0v) is 17.9. The molecule has 3 rings (SSSR count). The Labute approximate surface area is 185 Å². The third-order valence-electron chi connectivity index (χ3n) is 4.95. The second-order valence-corrected chi connectivity index (χ2v) is 8.12. The van der Waals surface area contributed by atoms with Gasteiger partial charge in [-0.3, -0.25) is 4.79 Å². The molecule has 0 unspecified atom stereocenters. The van der Waals surface area contributed by atoms with Gasteiger partial charge in [0, 0.05) is 22.6 Å². The largest absolute Gasteiger partial charge is 0.484 e. The lowest BCUT2D eigenvalue weighted by molar-refractivity contribution is -0.124. The normalized spacial score (nSPS) is 18.3. The van der Waals surface area contributed by atoms with Crippen molar-refractivity contribution in [1.82, 2.24) is 10.6 Å². The minimum atomic E-state index is -0.480. The molecule has 8 heteroatoms. The van der Waals surface area contributed by atoms with Crippen molar-refractivity contribution in [3.05, 3.63) is 58.6 Å². The average Bonchev–Trinajstić information content (AvgIpc) is 2.74. The fraction of sp³-hybridized carbons (Fsp3) is 0.364. The van der Waals surface area contributed by atoms with E-state index in [9.17, 15) is 9.59 Å². The van der Waals surface area contributed by atoms with Gasteiger partial charge in [0.1, 0.15) is 11.5 Å². The Kier molecular flexibility index (Phi) is 8.22. The van der Waals surface area contributed by atoms with Crippen molar-refractivity contribution in [3.63, 3.8) is 0 Å². The topological polar surface area (TPSA) is 76.7 Å². The van der Waals surface area contributed by atoms with Gasteiger partial charge in [0.15, 0.2) is 6.61 Å². The second-order valence-electron chi connectivity index (χ2n) is 7.25. The van der Waals surface area contributed by atoms with Crippen molar-refractivity contribution in [2.45, 2.75) is 31.7 Å². The summed E-state index contributed by atoms with van der Waals surface area (Å²) in [5.74, 6) is 1.28. The van der Waals surface area contributed by atoms with E-state index in [1.807, 2.05) is 0 Å². The maximum absolute atomic E-state index is 12.1. The molecule has 2 aromatic rings. The minimum absolute atomic E-state index is 0.0281. The molecule has 0 radical (unpaired) electrons. The zero-order chi connectivity index (χ0) is 21.3. The molecule has 2 amide bonds. The van der Waals surface area contributed by atoms with Crippen LogP contribution in [0.4, 0.5) is 4.79 Å². The number of carbonyl (C=O) groups excluding carboxylic acids is 2. The number of amides is 2. The quantitative estimate of drug-likeness (QED) is 0.632. The minimum Gasteiger partial charge on any atom is -0.484 e. The number of hydrogen-bond acceptors (Lipinski definition) is 4. The number of benzene rings is 2. The SMILES string of the molecule is O=C(COc1ccc(Cl)cc1)NC1CCC(CNC(=O)Oc2ccc(Cl)cc2)CC1. The van der Waals surface area contributed by atoms with Crippen LogP contribution in [0, 0.1) is 5.92 Å². The Morgan fingerprint density at radius 3 is 2.03 bits per heavy atom. The first-order chi connectivity index (χ1) is 14.5. The molecule has 0 atom stereocenters. The smallest absolute Gasteiger partial charge is 0.412 e. The number of halogens is 2. The Morgan fingerprint density at radius 1 is 0.867 bits per heavy atom. The molecule has 0 bridgehead atoms. The lowest BCUT2D eigenvalue weighted by Gasteiger charge is -2.29. The Balaban J connectivity index is 1.30. The molecule has 2 N–H and O–H groups in total. The van der Waals surface area contributed by atoms with Crippen LogP contribution in [0.1, 0.15) is 25.7 Å². The van der Waals surface area contributed by atoms with Gasteiger partial charge in [-0.2, -0.15) is 0 Å². The predicted octanol–water partition coefficient (Wildman–Crippen LogP) is 4.84. The fourth-order valence-corrected chi connectivity index (χ4v) is 3.59. The van der Waals surface area contributed by atoms with Crippen molar-refractivity contribution in [2.75, 3.05) is 13.2 Å². The molecular weight excluding hydrogens is 427 g/mol. The van der Waals surface area contributed by atoms with Gasteiger partial charge >= 0.3 is 6.09 Å². The lowest BCUT2D eigenvalue weighted by atomic mass is 9.86. The summed E-state index contributed by atoms with van der Waals surface area (Å²) in [5, 5.41) is 7.02. The fourth-order valence-electron chi connectivity index (χ4n) is 3.33. The van der Waals surface area contributed by atoms with Crippen LogP contribution in [0.15, 0.2) is 48.5 Å². The van der Waals surface area contributed by atoms with Crippen LogP contribution in [0.25, 0.3) is 0 Å². The highest BCUT2D eigenvalue weighted by atomic mass is 35.5. The molecule has 0 spiro atoms. The summed E-state index contributed by atoms with van der Waals surface area (Å²) in [6.07, 6.45) is 3.09. The molecule has 6 nitrogen and oxygen atoms in total. The Hall–Kier alpha value is -2.44. The summed E-state index contributed by atoms with van der Waals surface area (Å²) in [5.41, 5.74) is 0. The molecule has 1 aliphatic carbocycles. The summed E-state index contributed by atoms with van der Waals surface area (Å²) in [6, 6.07) is 13.6. The molecule has 160 valence electrons. The monoisotopic (exact) mass is 450 g/mol. The first-order valence-corrected chi connectivity index (χ1v) is 10.6. The van der Waals surface area contributed by atoms with Gasteiger partial charge < -0.3 is 20.1 Å². The summed E-state index contributed by atoms with van der Waals surface area (Å²) >= 11 is 11.6. The van der Waals surface area contributed by atoms with E-state index in [0.717, 1.165) is 25.7 Å². The van der Waals surface area contributed by atoms with Gasteiger partial charge in [-0.05, 0) is 80.1 Å². The standard InChI is InChI=1S/C22H24Cl2N2O4/c23-16-3-9-19(10-4-16)29-14-21(27)26-18-7-1-15(2-8-18)13-25-22(28)30-20-11-5-17(24)6-12-20/h3-6,9-12,15,18H,1-2,7-8,13-14H2,(H,25,28)(H,26,27). The van der Waals surface area contributed by atoms with E-state index >= 15 is 0 Å². The number of nitrogens with one attached hydrogen (secondary N) is 2. The number of ether oxygens (including phenoxy) is 2. The summed E-state index contributed by atoms with van der Waals surface area (Å²) < 4.78 is 10.7. The Morgan fingerprint density at radius 2 is 1.43 bits per heavy atom. The maximum Gasteiger partial charge on any atom is 0.412 e. The van der Waals surface area contributed by atoms with Crippen LogP contribution in [-0.2, 0) is 4.79 Å². The number of carbonyl (C=O) groups is 2. The Bertz CT molecular complexity index is 835. The van der Waals surface area contributed by atoms with Crippen LogP contribution in [0.5, 0.6) is 11.5 Å². The first-order valence-electron chi connectivity index (χ1n) is 9.87. The van der Waals surface area contributed by atoms with Gasteiger partial charge in [0.05, 0.1) is 0 Å². The van der Waals surface area contributed by atoms with Crippen LogP contribution in [0.3, 0.4) is 0 Å². The number of rotatable bonds is 7. The molecule has 0 aliphatic heterocycles. The van der Waals surface area contributed by atoms with Gasteiger partial charge in [0.25, 0.3) is 5.91 Å². The lowest BCUT2D eigenvalue weighted by Crippen LogP contribution is -2.41. The molecule has 1 fully saturated rings. The van der Waals surface area contributed by atoms with Crippen molar-refractivity contribution in [2.24, 2.45) is 5.92 Å². The second kappa shape index (κ2) is 11.1. The molecule has 0 aromatic heterocycles. The summed E-state index contributed by atoms with van der Waals surface area (Å²) in [6.45, 7) is 0.520. The molecule has 30 heavy (non-hydrogen) atoms. The summed E-state index contributed by atoms with van der Waals surface area (Å²) in [4.78, 5) is 24.0. The van der Waals surface area contributed by atoms with E-state index in [0.29, 0.717) is 34.0 Å². The van der Waals surface area contributed by atoms with E-state index < -0.39 is 6.09 Å². The van der Waals surface area contributed by atoms with E-state index in [4.69, 9.17) is 32.7 Å². The third kappa shape index (κ3) is 7.43. The van der Waals surface area contributed by atoms with Crippen molar-refractivity contribution >= 4 is 35.2 Å². The van der Waals surface area contributed by atoms with Crippen LogP contribution >= 0.6 is 23.2 Å². The van der Waals surface area contributed by atoms with E-state index in [-0.39, 0.29) is 18.6 Å². The van der Waals surface area contributed by atoms with Gasteiger partial charge in [-0.15, -0.1) is 0 Å². The maximum atomic E-state index is 12.1. The highest BCUT2D eigenvalue weighted by Gasteiger charge is 2.23. The molecule has 0 heterocycles. The van der Waals surface area contributed by atoms with E-state index in [1.54, 1.807) is 48.5 Å². The predicted molar refractivity (Wildman–Crippen MR) is 116 cm³/mol. The van der Waals surface area contributed by atoms with E-state index in [2.05, 4.69) is 10.6 Å². The van der Waals surface area contributed by atoms with Crippen LogP contribution in [-0.4, -0.2) is 31.2 Å². The van der Waals surface area contributed by atoms with Crippen molar-refractivity contribution in [3.8, 4) is 11.5 Å². The molecule has 1 aliphatic rings. The van der Waals surface area contributed by atoms with Crippen molar-refractivity contribution in [1.29, 1.82) is 0 Å². The number of hydrogen-bond donors (Lipinski definition) is 2. The van der Waals surface area contributed by atoms with Crippen LogP contribution < -0.4 is 20.1 Å². The average molecular weight is 451 g/mol. The van der Waals surface area contributed by atoms with Gasteiger partial charge in [-0.1, -0.05) is 23.2 Å². The molecule has 1 saturated carbocycles. The third-order valence-corrected chi connectivity index (χ3v) is 5.46. The van der Waals surface area contributed by atoms with Gasteiger partial charge in [-0.25, -0.2) is 4.79 Å². The molecule has 0 saturated heterocycles.